The Labute approximate surface area is 122 Å². The van der Waals surface area contributed by atoms with E-state index in [1.54, 1.807) is 12.1 Å². The quantitative estimate of drug-likeness (QED) is 0.825. The summed E-state index contributed by atoms with van der Waals surface area (Å²) in [6, 6.07) is 5.23. The molecule has 0 unspecified atom stereocenters. The van der Waals surface area contributed by atoms with E-state index < -0.39 is 0 Å². The molecule has 106 valence electrons. The Balaban J connectivity index is 2.19. The molecule has 6 heteroatoms. The Bertz CT molecular complexity index is 690. The van der Waals surface area contributed by atoms with Crippen LogP contribution in [0.3, 0.4) is 0 Å². The number of amides is 1. The van der Waals surface area contributed by atoms with Crippen LogP contribution >= 0.6 is 0 Å². The average molecular weight is 282 g/mol. The lowest BCUT2D eigenvalue weighted by Crippen LogP contribution is -2.14. The molecule has 21 heavy (non-hydrogen) atoms. The third-order valence-corrected chi connectivity index (χ3v) is 2.67. The monoisotopic (exact) mass is 282 g/mol. The first-order valence-corrected chi connectivity index (χ1v) is 6.36. The Hall–Kier alpha value is -2.78. The maximum atomic E-state index is 12.1. The van der Waals surface area contributed by atoms with Gasteiger partial charge in [0.05, 0.1) is 19.0 Å². The van der Waals surface area contributed by atoms with Gasteiger partial charge in [0.2, 0.25) is 5.95 Å². The molecule has 0 saturated heterocycles. The van der Waals surface area contributed by atoms with Crippen molar-refractivity contribution in [3.05, 3.63) is 47.3 Å². The summed E-state index contributed by atoms with van der Waals surface area (Å²) >= 11 is 0. The van der Waals surface area contributed by atoms with E-state index in [1.165, 1.54) is 12.4 Å². The molecule has 0 aliphatic heterocycles. The number of aromatic nitrogens is 3. The van der Waals surface area contributed by atoms with Gasteiger partial charge in [-0.05, 0) is 24.6 Å². The second-order valence-corrected chi connectivity index (χ2v) is 4.23. The van der Waals surface area contributed by atoms with Gasteiger partial charge in [0.25, 0.3) is 5.91 Å². The number of hydrogen-bond donors (Lipinski definition) is 2. The Morgan fingerprint density at radius 3 is 2.95 bits per heavy atom. The molecule has 1 amide bonds. The Morgan fingerprint density at radius 2 is 2.24 bits per heavy atom. The van der Waals surface area contributed by atoms with E-state index >= 15 is 0 Å². The molecule has 0 atom stereocenters. The maximum absolute atomic E-state index is 12.1. The first-order valence-electron chi connectivity index (χ1n) is 6.36. The number of nitrogens with zero attached hydrogens (tertiary/aromatic N) is 3. The summed E-state index contributed by atoms with van der Waals surface area (Å²) in [5, 5.41) is 18.6. The zero-order chi connectivity index (χ0) is 15.1. The number of hydrogen-bond acceptors (Lipinski definition) is 5. The number of aryl methyl sites for hydroxylation is 1. The van der Waals surface area contributed by atoms with Crippen molar-refractivity contribution in [3.8, 4) is 11.8 Å². The van der Waals surface area contributed by atoms with Gasteiger partial charge in [0.1, 0.15) is 0 Å². The molecule has 0 saturated carbocycles. The van der Waals surface area contributed by atoms with Crippen molar-refractivity contribution in [3.63, 3.8) is 0 Å². The van der Waals surface area contributed by atoms with Crippen molar-refractivity contribution in [2.24, 2.45) is 0 Å². The van der Waals surface area contributed by atoms with Gasteiger partial charge in [0, 0.05) is 17.5 Å². The Morgan fingerprint density at radius 1 is 1.38 bits per heavy atom. The van der Waals surface area contributed by atoms with Gasteiger partial charge < -0.3 is 5.11 Å². The Kier molecular flexibility index (Phi) is 4.96. The van der Waals surface area contributed by atoms with Crippen molar-refractivity contribution in [2.45, 2.75) is 13.3 Å². The summed E-state index contributed by atoms with van der Waals surface area (Å²) in [5.41, 5.74) is 2.18. The maximum Gasteiger partial charge on any atom is 0.258 e. The molecular formula is C15H14N4O2. The number of carbonyl (C=O) groups is 1. The molecule has 0 fully saturated rings. The van der Waals surface area contributed by atoms with E-state index in [0.29, 0.717) is 12.0 Å². The van der Waals surface area contributed by atoms with E-state index in [2.05, 4.69) is 32.3 Å². The van der Waals surface area contributed by atoms with E-state index in [-0.39, 0.29) is 18.5 Å². The van der Waals surface area contributed by atoms with Gasteiger partial charge >= 0.3 is 0 Å². The molecule has 0 spiro atoms. The van der Waals surface area contributed by atoms with Crippen LogP contribution in [0.25, 0.3) is 0 Å². The largest absolute Gasteiger partial charge is 0.395 e. The highest BCUT2D eigenvalue weighted by Gasteiger charge is 2.09. The number of anilines is 1. The number of benzene rings is 1. The van der Waals surface area contributed by atoms with Crippen LogP contribution in [0.5, 0.6) is 0 Å². The minimum absolute atomic E-state index is 0.0184. The van der Waals surface area contributed by atoms with E-state index in [4.69, 9.17) is 5.11 Å². The third kappa shape index (κ3) is 4.09. The predicted octanol–water partition coefficient (Wildman–Crippen LogP) is 1.17. The summed E-state index contributed by atoms with van der Waals surface area (Å²) in [7, 11) is 0. The molecule has 1 heterocycles. The number of aliphatic hydroxyl groups is 1. The van der Waals surface area contributed by atoms with Crippen molar-refractivity contribution < 1.29 is 9.90 Å². The average Bonchev–Trinajstić information content (AvgIpc) is 2.50. The summed E-state index contributed by atoms with van der Waals surface area (Å²) < 4.78 is 0. The van der Waals surface area contributed by atoms with Crippen LogP contribution in [0, 0.1) is 18.8 Å². The minimum Gasteiger partial charge on any atom is -0.395 e. The summed E-state index contributed by atoms with van der Waals surface area (Å²) in [6.45, 7) is 1.93. The lowest BCUT2D eigenvalue weighted by atomic mass is 10.0. The SMILES string of the molecule is Cc1ccc(C(=O)Nc2nccnn2)cc1C#CCCO. The molecule has 2 rings (SSSR count). The van der Waals surface area contributed by atoms with Crippen LogP contribution in [0.1, 0.15) is 27.9 Å². The zero-order valence-corrected chi connectivity index (χ0v) is 11.5. The van der Waals surface area contributed by atoms with Crippen LogP contribution in [0.4, 0.5) is 5.95 Å². The number of aliphatic hydroxyl groups excluding tert-OH is 1. The van der Waals surface area contributed by atoms with Crippen molar-refractivity contribution in [1.29, 1.82) is 0 Å². The van der Waals surface area contributed by atoms with Crippen molar-refractivity contribution in [1.82, 2.24) is 15.2 Å². The molecule has 0 radical (unpaired) electrons. The highest BCUT2D eigenvalue weighted by Crippen LogP contribution is 2.11. The van der Waals surface area contributed by atoms with Gasteiger partial charge in [-0.15, -0.1) is 5.10 Å². The first-order chi connectivity index (χ1) is 10.2. The molecule has 1 aromatic heterocycles. The normalized spacial score (nSPS) is 9.62. The lowest BCUT2D eigenvalue weighted by Gasteiger charge is -2.05. The second-order valence-electron chi connectivity index (χ2n) is 4.23. The molecule has 2 N–H and O–H groups in total. The van der Waals surface area contributed by atoms with E-state index in [9.17, 15) is 4.79 Å². The zero-order valence-electron chi connectivity index (χ0n) is 11.5. The highest BCUT2D eigenvalue weighted by atomic mass is 16.2. The minimum atomic E-state index is -0.326. The van der Waals surface area contributed by atoms with E-state index in [1.807, 2.05) is 13.0 Å². The van der Waals surface area contributed by atoms with Gasteiger partial charge in [-0.3, -0.25) is 10.1 Å². The van der Waals surface area contributed by atoms with Crippen LogP contribution in [0.15, 0.2) is 30.6 Å². The van der Waals surface area contributed by atoms with E-state index in [0.717, 1.165) is 11.1 Å². The lowest BCUT2D eigenvalue weighted by molar-refractivity contribution is 0.102. The standard InChI is InChI=1S/C15H14N4O2/c1-11-5-6-13(10-12(11)4-2-3-9-20)14(21)18-15-16-7-8-17-19-15/h5-8,10,20H,3,9H2,1H3,(H,16,18,19,21). The first kappa shape index (κ1) is 14.6. The molecule has 1 aromatic carbocycles. The van der Waals surface area contributed by atoms with Crippen molar-refractivity contribution >= 4 is 11.9 Å². The molecule has 0 bridgehead atoms. The highest BCUT2D eigenvalue weighted by molar-refractivity contribution is 6.03. The topological polar surface area (TPSA) is 88.0 Å². The molecular weight excluding hydrogens is 268 g/mol. The van der Waals surface area contributed by atoms with Gasteiger partial charge in [-0.25, -0.2) is 4.98 Å². The van der Waals surface area contributed by atoms with Crippen LogP contribution in [-0.2, 0) is 0 Å². The number of rotatable bonds is 3. The predicted molar refractivity (Wildman–Crippen MR) is 77.5 cm³/mol. The fraction of sp³-hybridized carbons (Fsp3) is 0.200. The molecule has 2 aromatic rings. The van der Waals surface area contributed by atoms with Crippen LogP contribution in [0.2, 0.25) is 0 Å². The van der Waals surface area contributed by atoms with Gasteiger partial charge in [-0.1, -0.05) is 17.9 Å². The third-order valence-electron chi connectivity index (χ3n) is 2.67. The molecule has 0 aliphatic rings. The number of carbonyl (C=O) groups excluding carboxylic acids is 1. The fourth-order valence-electron chi connectivity index (χ4n) is 1.59. The van der Waals surface area contributed by atoms with Crippen molar-refractivity contribution in [2.75, 3.05) is 11.9 Å². The van der Waals surface area contributed by atoms with Gasteiger partial charge in [0.15, 0.2) is 0 Å². The van der Waals surface area contributed by atoms with Crippen LogP contribution < -0.4 is 5.32 Å². The smallest absolute Gasteiger partial charge is 0.258 e. The number of nitrogens with one attached hydrogen (secondary N) is 1. The second kappa shape index (κ2) is 7.12. The summed E-state index contributed by atoms with van der Waals surface area (Å²) in [6.07, 6.45) is 3.28. The molecule has 6 nitrogen and oxygen atoms in total. The fourth-order valence-corrected chi connectivity index (χ4v) is 1.59. The molecule has 0 aliphatic carbocycles. The van der Waals surface area contributed by atoms with Crippen LogP contribution in [-0.4, -0.2) is 32.8 Å². The van der Waals surface area contributed by atoms with Gasteiger partial charge in [-0.2, -0.15) is 5.10 Å². The summed E-state index contributed by atoms with van der Waals surface area (Å²) in [5.74, 6) is 5.60. The summed E-state index contributed by atoms with van der Waals surface area (Å²) in [4.78, 5) is 16.0.